The number of pyridine rings is 1. The predicted molar refractivity (Wildman–Crippen MR) is 204 cm³/mol. The summed E-state index contributed by atoms with van der Waals surface area (Å²) < 4.78 is 52.9. The molecule has 0 saturated carbocycles. The third-order valence-electron chi connectivity index (χ3n) is 9.54. The van der Waals surface area contributed by atoms with E-state index in [0.717, 1.165) is 53.9 Å². The third kappa shape index (κ3) is 9.64. The summed E-state index contributed by atoms with van der Waals surface area (Å²) in [6.07, 6.45) is 3.43. The number of aryl methyl sites for hydroxylation is 1. The van der Waals surface area contributed by atoms with Gasteiger partial charge >= 0.3 is 11.9 Å². The van der Waals surface area contributed by atoms with Crippen LogP contribution in [0.2, 0.25) is 0 Å². The molecule has 2 fully saturated rings. The summed E-state index contributed by atoms with van der Waals surface area (Å²) in [5.41, 5.74) is 2.20. The number of benzene rings is 3. The van der Waals surface area contributed by atoms with E-state index in [1.807, 2.05) is 31.2 Å². The average molecular weight is 820 g/mol. The number of methoxy groups -OCH3 is 2. The molecule has 7 rings (SSSR count). The van der Waals surface area contributed by atoms with Crippen molar-refractivity contribution >= 4 is 39.4 Å². The Hall–Kier alpha value is -5.41. The van der Waals surface area contributed by atoms with Crippen LogP contribution in [0, 0.1) is 24.5 Å². The molecule has 2 aliphatic heterocycles. The fourth-order valence-corrected chi connectivity index (χ4v) is 6.95. The summed E-state index contributed by atoms with van der Waals surface area (Å²) in [5, 5.41) is 4.17. The van der Waals surface area contributed by atoms with Gasteiger partial charge in [0, 0.05) is 53.9 Å². The number of carbonyl (C=O) groups excluding carboxylic acids is 2. The molecule has 0 spiro atoms. The largest absolute Gasteiger partial charge is 0.491 e. The highest BCUT2D eigenvalue weighted by atomic mass is 79.9. The zero-order valence-electron chi connectivity index (χ0n) is 30.7. The maximum Gasteiger partial charge on any atom is 0.337 e. The van der Waals surface area contributed by atoms with Crippen LogP contribution in [0.1, 0.15) is 38.4 Å². The fourth-order valence-electron chi connectivity index (χ4n) is 6.68. The summed E-state index contributed by atoms with van der Waals surface area (Å²) in [4.78, 5) is 36.0. The highest BCUT2D eigenvalue weighted by molar-refractivity contribution is 9.10. The van der Waals surface area contributed by atoms with Gasteiger partial charge in [-0.3, -0.25) is 0 Å². The van der Waals surface area contributed by atoms with E-state index in [1.165, 1.54) is 32.7 Å². The van der Waals surface area contributed by atoms with Crippen molar-refractivity contribution in [3.05, 3.63) is 130 Å². The van der Waals surface area contributed by atoms with Gasteiger partial charge in [0.05, 0.1) is 50.8 Å². The molecule has 2 saturated heterocycles. The molecule has 0 aliphatic carbocycles. The van der Waals surface area contributed by atoms with Gasteiger partial charge in [-0.15, -0.1) is 0 Å². The lowest BCUT2D eigenvalue weighted by atomic mass is 9.87. The van der Waals surface area contributed by atoms with Gasteiger partial charge in [-0.05, 0) is 80.1 Å². The molecule has 4 heterocycles. The minimum Gasteiger partial charge on any atom is -0.491 e. The Labute approximate surface area is 326 Å². The van der Waals surface area contributed by atoms with Crippen LogP contribution in [-0.4, -0.2) is 85.3 Å². The van der Waals surface area contributed by atoms with Crippen LogP contribution < -0.4 is 14.5 Å². The molecule has 2 aliphatic rings. The Balaban J connectivity index is 0.000000403. The number of hydrogen-bond donors (Lipinski definition) is 0. The van der Waals surface area contributed by atoms with Gasteiger partial charge in [-0.25, -0.2) is 33.0 Å². The van der Waals surface area contributed by atoms with Gasteiger partial charge < -0.3 is 28.7 Å². The quantitative estimate of drug-likeness (QED) is 0.142. The van der Waals surface area contributed by atoms with Crippen molar-refractivity contribution in [2.24, 2.45) is 5.92 Å². The Morgan fingerprint density at radius 3 is 2.15 bits per heavy atom. The maximum atomic E-state index is 14.9. The molecular formula is C40H41BrF2N6O6. The molecule has 3 aromatic carbocycles. The molecule has 288 valence electrons. The SMILES string of the molecule is COC(=O)c1ccc(Br)cc1.COC(=O)c1ccc(N2CCN(c3ccc(OC[C@@H]4CO[C@@](Cn5cncn5)(c5ccc(F)cc5F)C4)c(C)n3)CC2)cc1. The maximum absolute atomic E-state index is 14.9. The number of aromatic nitrogens is 4. The number of halogens is 3. The van der Waals surface area contributed by atoms with Crippen LogP contribution in [-0.2, 0) is 26.4 Å². The molecule has 2 aromatic heterocycles. The molecule has 2 atom stereocenters. The minimum absolute atomic E-state index is 0.0307. The van der Waals surface area contributed by atoms with E-state index >= 15 is 0 Å². The molecule has 12 nitrogen and oxygen atoms in total. The van der Waals surface area contributed by atoms with Gasteiger partial charge in [-0.1, -0.05) is 22.0 Å². The molecule has 0 radical (unpaired) electrons. The number of carbonyl (C=O) groups is 2. The predicted octanol–water partition coefficient (Wildman–Crippen LogP) is 6.62. The summed E-state index contributed by atoms with van der Waals surface area (Å²) in [5.74, 6) is -0.407. The first-order chi connectivity index (χ1) is 26.6. The number of nitrogens with zero attached hydrogens (tertiary/aromatic N) is 6. The first-order valence-corrected chi connectivity index (χ1v) is 18.4. The van der Waals surface area contributed by atoms with Crippen LogP contribution in [0.15, 0.2) is 96.0 Å². The second-order valence-corrected chi connectivity index (χ2v) is 14.1. The molecule has 0 amide bonds. The van der Waals surface area contributed by atoms with Crippen molar-refractivity contribution in [3.63, 3.8) is 0 Å². The van der Waals surface area contributed by atoms with Crippen molar-refractivity contribution in [2.45, 2.75) is 25.5 Å². The normalized spacial score (nSPS) is 18.0. The second-order valence-electron chi connectivity index (χ2n) is 13.2. The molecular weight excluding hydrogens is 778 g/mol. The number of hydrogen-bond acceptors (Lipinski definition) is 11. The Bertz CT molecular complexity index is 2060. The smallest absolute Gasteiger partial charge is 0.337 e. The number of piperazine rings is 1. The van der Waals surface area contributed by atoms with Gasteiger partial charge in [-0.2, -0.15) is 5.10 Å². The van der Waals surface area contributed by atoms with E-state index in [1.54, 1.807) is 47.4 Å². The number of anilines is 2. The standard InChI is InChI=1S/C32H34F2N6O4.C8H7BrO2/c1-22-29(9-10-30(37-22)39-13-11-38(12-14-39)26-6-3-24(4-7-26)31(41)42-2)43-17-23-16-32(44-18-23,19-40-21-35-20-36-40)27-8-5-25(33)15-28(27)34;1-11-8(10)6-2-4-7(9)5-3-6/h3-10,15,20-21,23H,11-14,16-19H2,1-2H3;2-5H,1H3/t23-,32+;/m1./s1. The lowest BCUT2D eigenvalue weighted by molar-refractivity contribution is -0.0206. The number of ether oxygens (including phenoxy) is 4. The van der Waals surface area contributed by atoms with E-state index in [2.05, 4.69) is 40.5 Å². The van der Waals surface area contributed by atoms with Gasteiger partial charge in [0.2, 0.25) is 0 Å². The van der Waals surface area contributed by atoms with Crippen molar-refractivity contribution < 1.29 is 37.3 Å². The lowest BCUT2D eigenvalue weighted by Gasteiger charge is -2.37. The molecule has 0 bridgehead atoms. The molecule has 5 aromatic rings. The van der Waals surface area contributed by atoms with Crippen LogP contribution in [0.4, 0.5) is 20.3 Å². The van der Waals surface area contributed by atoms with Gasteiger partial charge in [0.25, 0.3) is 0 Å². The van der Waals surface area contributed by atoms with E-state index < -0.39 is 17.2 Å². The molecule has 0 N–H and O–H groups in total. The van der Waals surface area contributed by atoms with Crippen LogP contribution in [0.25, 0.3) is 0 Å². The Morgan fingerprint density at radius 1 is 0.891 bits per heavy atom. The molecule has 55 heavy (non-hydrogen) atoms. The van der Waals surface area contributed by atoms with Crippen molar-refractivity contribution in [2.75, 3.05) is 63.4 Å². The summed E-state index contributed by atoms with van der Waals surface area (Å²) >= 11 is 3.26. The summed E-state index contributed by atoms with van der Waals surface area (Å²) in [7, 11) is 2.74. The highest BCUT2D eigenvalue weighted by Gasteiger charge is 2.44. The second kappa shape index (κ2) is 17.8. The lowest BCUT2D eigenvalue weighted by Crippen LogP contribution is -2.46. The Kier molecular flexibility index (Phi) is 12.7. The first kappa shape index (κ1) is 39.3. The summed E-state index contributed by atoms with van der Waals surface area (Å²) in [6, 6.07) is 21.9. The Morgan fingerprint density at radius 2 is 1.55 bits per heavy atom. The van der Waals surface area contributed by atoms with E-state index in [4.69, 9.17) is 19.2 Å². The van der Waals surface area contributed by atoms with Crippen molar-refractivity contribution in [1.29, 1.82) is 0 Å². The number of esters is 2. The third-order valence-corrected chi connectivity index (χ3v) is 10.1. The highest BCUT2D eigenvalue weighted by Crippen LogP contribution is 2.42. The van der Waals surface area contributed by atoms with Crippen LogP contribution in [0.5, 0.6) is 5.75 Å². The molecule has 15 heteroatoms. The van der Waals surface area contributed by atoms with E-state index in [9.17, 15) is 18.4 Å². The summed E-state index contributed by atoms with van der Waals surface area (Å²) in [6.45, 7) is 6.13. The zero-order chi connectivity index (χ0) is 39.0. The van der Waals surface area contributed by atoms with Crippen molar-refractivity contribution in [1.82, 2.24) is 19.7 Å². The van der Waals surface area contributed by atoms with E-state index in [0.29, 0.717) is 36.5 Å². The fraction of sp³-hybridized carbons (Fsp3) is 0.325. The van der Waals surface area contributed by atoms with Gasteiger partial charge in [0.15, 0.2) is 0 Å². The van der Waals surface area contributed by atoms with Crippen LogP contribution >= 0.6 is 15.9 Å². The van der Waals surface area contributed by atoms with Crippen molar-refractivity contribution in [3.8, 4) is 5.75 Å². The average Bonchev–Trinajstić information content (AvgIpc) is 3.88. The first-order valence-electron chi connectivity index (χ1n) is 17.6. The monoisotopic (exact) mass is 818 g/mol. The minimum atomic E-state index is -1.03. The zero-order valence-corrected chi connectivity index (χ0v) is 32.2. The van der Waals surface area contributed by atoms with E-state index in [-0.39, 0.29) is 30.0 Å². The van der Waals surface area contributed by atoms with Crippen LogP contribution in [0.3, 0.4) is 0 Å². The topological polar surface area (TPSA) is 121 Å². The van der Waals surface area contributed by atoms with Gasteiger partial charge in [0.1, 0.15) is 41.5 Å². The molecule has 0 unspecified atom stereocenters. The number of rotatable bonds is 10.